The monoisotopic (exact) mass is 473 g/mol. The van der Waals surface area contributed by atoms with Crippen LogP contribution in [0.3, 0.4) is 0 Å². The highest BCUT2D eigenvalue weighted by molar-refractivity contribution is 6.05. The Balaban J connectivity index is 1.26. The van der Waals surface area contributed by atoms with E-state index in [4.69, 9.17) is 4.98 Å². The molecule has 8 nitrogen and oxygen atoms in total. The van der Waals surface area contributed by atoms with Crippen molar-refractivity contribution in [3.8, 4) is 0 Å². The summed E-state index contributed by atoms with van der Waals surface area (Å²) in [6.07, 6.45) is 5.01. The molecule has 1 aromatic heterocycles. The molecular weight excluding hydrogens is 442 g/mol. The van der Waals surface area contributed by atoms with Crippen molar-refractivity contribution in [2.24, 2.45) is 0 Å². The van der Waals surface area contributed by atoms with Crippen LogP contribution in [0.2, 0.25) is 0 Å². The first-order valence-corrected chi connectivity index (χ1v) is 12.8. The standard InChI is InChI=1S/C27H31N5O3/c33-24-9-8-23(26(34)30-24)32-16-21-19(3-1-5-20(21)27(32)35)15-31-14-2-4-18-6-7-22(29-25(18)31)17-10-12-28-13-11-17/h1,3,5-7,17,23,28H,2,4,8-16H2,(H,30,33,34). The minimum Gasteiger partial charge on any atom is -0.352 e. The lowest BCUT2D eigenvalue weighted by Crippen LogP contribution is -2.52. The van der Waals surface area contributed by atoms with E-state index in [0.717, 1.165) is 62.3 Å². The number of hydrogen-bond donors (Lipinski definition) is 2. The molecule has 1 aromatic carbocycles. The van der Waals surface area contributed by atoms with Crippen molar-refractivity contribution >= 4 is 23.5 Å². The summed E-state index contributed by atoms with van der Waals surface area (Å²) in [5.74, 6) is 0.823. The maximum absolute atomic E-state index is 13.2. The van der Waals surface area contributed by atoms with E-state index in [2.05, 4.69) is 33.7 Å². The smallest absolute Gasteiger partial charge is 0.255 e. The van der Waals surface area contributed by atoms with Crippen molar-refractivity contribution in [2.75, 3.05) is 24.5 Å². The summed E-state index contributed by atoms with van der Waals surface area (Å²) in [4.78, 5) is 46.4. The van der Waals surface area contributed by atoms with E-state index >= 15 is 0 Å². The number of benzene rings is 1. The first-order valence-electron chi connectivity index (χ1n) is 12.8. The van der Waals surface area contributed by atoms with Crippen LogP contribution in [0.1, 0.15) is 70.8 Å². The Kier molecular flexibility index (Phi) is 5.76. The predicted molar refractivity (Wildman–Crippen MR) is 131 cm³/mol. The molecule has 35 heavy (non-hydrogen) atoms. The quantitative estimate of drug-likeness (QED) is 0.662. The zero-order valence-corrected chi connectivity index (χ0v) is 19.9. The van der Waals surface area contributed by atoms with Gasteiger partial charge in [0.15, 0.2) is 0 Å². The molecule has 0 bridgehead atoms. The Morgan fingerprint density at radius 3 is 2.69 bits per heavy atom. The van der Waals surface area contributed by atoms with E-state index in [1.165, 1.54) is 11.3 Å². The Hall–Kier alpha value is -3.26. The number of carbonyl (C=O) groups excluding carboxylic acids is 3. The van der Waals surface area contributed by atoms with E-state index in [0.29, 0.717) is 31.0 Å². The van der Waals surface area contributed by atoms with Crippen LogP contribution in [0.25, 0.3) is 0 Å². The molecule has 8 heteroatoms. The number of rotatable bonds is 4. The van der Waals surface area contributed by atoms with Crippen molar-refractivity contribution in [3.05, 3.63) is 58.3 Å². The third-order valence-electron chi connectivity index (χ3n) is 7.95. The molecule has 2 aromatic rings. The third-order valence-corrected chi connectivity index (χ3v) is 7.95. The number of pyridine rings is 1. The second-order valence-corrected chi connectivity index (χ2v) is 10.1. The van der Waals surface area contributed by atoms with Crippen LogP contribution in [-0.2, 0) is 29.1 Å². The highest BCUT2D eigenvalue weighted by atomic mass is 16.2. The van der Waals surface area contributed by atoms with Gasteiger partial charge in [-0.1, -0.05) is 18.2 Å². The summed E-state index contributed by atoms with van der Waals surface area (Å²) in [7, 11) is 0. The summed E-state index contributed by atoms with van der Waals surface area (Å²) in [5, 5.41) is 5.82. The largest absolute Gasteiger partial charge is 0.352 e. The first kappa shape index (κ1) is 22.2. The Bertz CT molecular complexity index is 1190. The molecule has 5 heterocycles. The number of aryl methyl sites for hydroxylation is 1. The van der Waals surface area contributed by atoms with Gasteiger partial charge in [-0.15, -0.1) is 0 Å². The summed E-state index contributed by atoms with van der Waals surface area (Å²) in [5.41, 5.74) is 5.25. The van der Waals surface area contributed by atoms with Crippen LogP contribution in [0.4, 0.5) is 5.82 Å². The number of piperidine rings is 2. The summed E-state index contributed by atoms with van der Waals surface area (Å²) in [6.45, 7) is 4.11. The second kappa shape index (κ2) is 9.07. The van der Waals surface area contributed by atoms with Gasteiger partial charge in [-0.3, -0.25) is 19.7 Å². The summed E-state index contributed by atoms with van der Waals surface area (Å²) < 4.78 is 0. The second-order valence-electron chi connectivity index (χ2n) is 10.1. The normalized spacial score (nSPS) is 22.7. The average molecular weight is 474 g/mol. The molecular formula is C27H31N5O3. The van der Waals surface area contributed by atoms with E-state index in [9.17, 15) is 14.4 Å². The molecule has 4 aliphatic heterocycles. The molecule has 6 rings (SSSR count). The Labute approximate surface area is 205 Å². The number of imide groups is 1. The molecule has 4 aliphatic rings. The molecule has 1 unspecified atom stereocenters. The van der Waals surface area contributed by atoms with Gasteiger partial charge in [0.25, 0.3) is 5.91 Å². The number of amides is 3. The van der Waals surface area contributed by atoms with Crippen LogP contribution in [0, 0.1) is 0 Å². The first-order chi connectivity index (χ1) is 17.1. The van der Waals surface area contributed by atoms with Crippen LogP contribution >= 0.6 is 0 Å². The lowest BCUT2D eigenvalue weighted by atomic mass is 9.93. The fourth-order valence-corrected chi connectivity index (χ4v) is 6.03. The fraction of sp³-hybridized carbons (Fsp3) is 0.481. The summed E-state index contributed by atoms with van der Waals surface area (Å²) >= 11 is 0. The molecule has 2 fully saturated rings. The van der Waals surface area contributed by atoms with Crippen LogP contribution in [0.15, 0.2) is 30.3 Å². The van der Waals surface area contributed by atoms with Gasteiger partial charge in [0, 0.05) is 43.2 Å². The third kappa shape index (κ3) is 4.10. The van der Waals surface area contributed by atoms with E-state index < -0.39 is 6.04 Å². The molecule has 0 saturated carbocycles. The number of carbonyl (C=O) groups is 3. The molecule has 2 saturated heterocycles. The topological polar surface area (TPSA) is 94.6 Å². The van der Waals surface area contributed by atoms with Gasteiger partial charge < -0.3 is 15.1 Å². The van der Waals surface area contributed by atoms with E-state index in [1.807, 2.05) is 12.1 Å². The van der Waals surface area contributed by atoms with Crippen molar-refractivity contribution < 1.29 is 14.4 Å². The molecule has 0 radical (unpaired) electrons. The molecule has 0 aliphatic carbocycles. The molecule has 2 N–H and O–H groups in total. The number of nitrogens with zero attached hydrogens (tertiary/aromatic N) is 3. The van der Waals surface area contributed by atoms with Crippen molar-refractivity contribution in [1.29, 1.82) is 0 Å². The molecule has 182 valence electrons. The summed E-state index contributed by atoms with van der Waals surface area (Å²) in [6, 6.07) is 9.76. The zero-order chi connectivity index (χ0) is 23.9. The minimum atomic E-state index is -0.592. The van der Waals surface area contributed by atoms with Gasteiger partial charge in [0.2, 0.25) is 11.8 Å². The molecule has 0 spiro atoms. The SMILES string of the molecule is O=C1CCC(N2Cc3c(CN4CCCc5ccc(C6CCNCC6)nc54)cccc3C2=O)C(=O)N1. The van der Waals surface area contributed by atoms with E-state index in [1.54, 1.807) is 4.90 Å². The number of aromatic nitrogens is 1. The molecule has 1 atom stereocenters. The van der Waals surface area contributed by atoms with Crippen molar-refractivity contribution in [3.63, 3.8) is 0 Å². The number of anilines is 1. The van der Waals surface area contributed by atoms with Gasteiger partial charge in [-0.05, 0) is 74.0 Å². The lowest BCUT2D eigenvalue weighted by Gasteiger charge is -2.32. The van der Waals surface area contributed by atoms with Crippen LogP contribution in [0.5, 0.6) is 0 Å². The van der Waals surface area contributed by atoms with Gasteiger partial charge in [-0.25, -0.2) is 4.98 Å². The van der Waals surface area contributed by atoms with Gasteiger partial charge in [-0.2, -0.15) is 0 Å². The highest BCUT2D eigenvalue weighted by Gasteiger charge is 2.40. The fourth-order valence-electron chi connectivity index (χ4n) is 6.03. The maximum atomic E-state index is 13.2. The van der Waals surface area contributed by atoms with Gasteiger partial charge in [0.05, 0.1) is 0 Å². The maximum Gasteiger partial charge on any atom is 0.255 e. The molecule has 3 amide bonds. The van der Waals surface area contributed by atoms with Gasteiger partial charge >= 0.3 is 0 Å². The highest BCUT2D eigenvalue weighted by Crippen LogP contribution is 2.34. The Morgan fingerprint density at radius 2 is 1.86 bits per heavy atom. The van der Waals surface area contributed by atoms with E-state index in [-0.39, 0.29) is 24.1 Å². The lowest BCUT2D eigenvalue weighted by molar-refractivity contribution is -0.136. The van der Waals surface area contributed by atoms with Crippen LogP contribution < -0.4 is 15.5 Å². The zero-order valence-electron chi connectivity index (χ0n) is 19.9. The number of fused-ring (bicyclic) bond motifs is 2. The minimum absolute atomic E-state index is 0.123. The number of hydrogen-bond acceptors (Lipinski definition) is 6. The predicted octanol–water partition coefficient (Wildman–Crippen LogP) is 2.26. The average Bonchev–Trinajstić information content (AvgIpc) is 3.21. The van der Waals surface area contributed by atoms with Crippen molar-refractivity contribution in [2.45, 2.75) is 63.6 Å². The van der Waals surface area contributed by atoms with Crippen LogP contribution in [-0.4, -0.2) is 53.3 Å². The van der Waals surface area contributed by atoms with Crippen molar-refractivity contribution in [1.82, 2.24) is 20.5 Å². The van der Waals surface area contributed by atoms with Gasteiger partial charge in [0.1, 0.15) is 11.9 Å². The Morgan fingerprint density at radius 1 is 1.00 bits per heavy atom. The number of nitrogens with one attached hydrogen (secondary N) is 2.